The lowest BCUT2D eigenvalue weighted by Crippen LogP contribution is -1.91. The molecule has 0 atom stereocenters. The average molecular weight is 212 g/mol. The highest BCUT2D eigenvalue weighted by atomic mass is 32.2. The van der Waals surface area contributed by atoms with Crippen LogP contribution in [0.4, 0.5) is 5.82 Å². The van der Waals surface area contributed by atoms with E-state index < -0.39 is 9.73 Å². The molecule has 0 saturated carbocycles. The van der Waals surface area contributed by atoms with Gasteiger partial charge in [-0.05, 0) is 17.5 Å². The summed E-state index contributed by atoms with van der Waals surface area (Å²) in [4.78, 5) is 4.14. The van der Waals surface area contributed by atoms with Gasteiger partial charge < -0.3 is 0 Å². The molecule has 4 heteroatoms. The number of pyridine rings is 1. The van der Waals surface area contributed by atoms with Crippen LogP contribution in [0.25, 0.3) is 0 Å². The van der Waals surface area contributed by atoms with Crippen LogP contribution in [-0.4, -0.2) is 21.7 Å². The Morgan fingerprint density at radius 1 is 1.36 bits per heavy atom. The maximum absolute atomic E-state index is 11.4. The van der Waals surface area contributed by atoms with Gasteiger partial charge in [-0.2, -0.15) is 4.36 Å². The molecule has 0 bridgehead atoms. The summed E-state index contributed by atoms with van der Waals surface area (Å²) in [5.74, 6) is 1.01. The first-order valence-electron chi connectivity index (χ1n) is 4.51. The number of hydrogen-bond acceptors (Lipinski definition) is 3. The molecule has 1 aromatic heterocycles. The van der Waals surface area contributed by atoms with E-state index >= 15 is 0 Å². The monoisotopic (exact) mass is 212 g/mol. The lowest BCUT2D eigenvalue weighted by Gasteiger charge is -2.03. The predicted octanol–water partition coefficient (Wildman–Crippen LogP) is 2.56. The molecule has 0 N–H and O–H groups in total. The molecular weight excluding hydrogens is 196 g/mol. The van der Waals surface area contributed by atoms with Crippen LogP contribution in [0.3, 0.4) is 0 Å². The summed E-state index contributed by atoms with van der Waals surface area (Å²) in [6, 6.07) is 3.78. The van der Waals surface area contributed by atoms with Crippen molar-refractivity contribution in [3.05, 3.63) is 23.9 Å². The van der Waals surface area contributed by atoms with Gasteiger partial charge in [0.15, 0.2) is 5.82 Å². The average Bonchev–Trinajstić information content (AvgIpc) is 2.02. The van der Waals surface area contributed by atoms with E-state index in [-0.39, 0.29) is 0 Å². The minimum atomic E-state index is -2.10. The van der Waals surface area contributed by atoms with Crippen molar-refractivity contribution >= 4 is 15.5 Å². The van der Waals surface area contributed by atoms with Crippen LogP contribution in [0, 0.1) is 0 Å². The van der Waals surface area contributed by atoms with E-state index in [1.54, 1.807) is 18.7 Å². The normalized spacial score (nSPS) is 11.8. The first-order valence-corrected chi connectivity index (χ1v) is 6.85. The van der Waals surface area contributed by atoms with Crippen molar-refractivity contribution in [2.45, 2.75) is 19.8 Å². The lowest BCUT2D eigenvalue weighted by atomic mass is 10.1. The SMILES string of the molecule is CC(C)c1ccc(N=S(C)(C)=O)nc1. The fourth-order valence-electron chi connectivity index (χ4n) is 1.02. The van der Waals surface area contributed by atoms with Crippen LogP contribution in [0.2, 0.25) is 0 Å². The third kappa shape index (κ3) is 3.46. The molecule has 0 radical (unpaired) electrons. The van der Waals surface area contributed by atoms with Gasteiger partial charge in [-0.25, -0.2) is 9.19 Å². The van der Waals surface area contributed by atoms with Gasteiger partial charge in [-0.3, -0.25) is 0 Å². The smallest absolute Gasteiger partial charge is 0.161 e. The van der Waals surface area contributed by atoms with E-state index in [1.165, 1.54) is 5.56 Å². The minimum absolute atomic E-state index is 0.462. The van der Waals surface area contributed by atoms with E-state index in [0.717, 1.165) is 0 Å². The summed E-state index contributed by atoms with van der Waals surface area (Å²) in [7, 11) is -2.10. The first-order chi connectivity index (χ1) is 6.38. The van der Waals surface area contributed by atoms with Gasteiger partial charge >= 0.3 is 0 Å². The zero-order valence-corrected chi connectivity index (χ0v) is 9.84. The maximum atomic E-state index is 11.4. The summed E-state index contributed by atoms with van der Waals surface area (Å²) in [6.45, 7) is 4.22. The molecule has 0 amide bonds. The van der Waals surface area contributed by atoms with E-state index in [2.05, 4.69) is 23.2 Å². The molecule has 1 rings (SSSR count). The zero-order valence-electron chi connectivity index (χ0n) is 9.02. The Bertz CT molecular complexity index is 406. The highest BCUT2D eigenvalue weighted by molar-refractivity contribution is 7.92. The van der Waals surface area contributed by atoms with Crippen LogP contribution in [0.5, 0.6) is 0 Å². The second kappa shape index (κ2) is 4.09. The molecule has 3 nitrogen and oxygen atoms in total. The molecule has 0 aliphatic carbocycles. The summed E-state index contributed by atoms with van der Waals surface area (Å²) < 4.78 is 15.4. The molecule has 1 heterocycles. The van der Waals surface area contributed by atoms with Gasteiger partial charge in [0, 0.05) is 28.4 Å². The second-order valence-corrected chi connectivity index (χ2v) is 6.42. The molecule has 0 aromatic carbocycles. The predicted molar refractivity (Wildman–Crippen MR) is 60.4 cm³/mol. The highest BCUT2D eigenvalue weighted by Gasteiger charge is 1.99. The van der Waals surface area contributed by atoms with Crippen LogP contribution in [0.1, 0.15) is 25.3 Å². The van der Waals surface area contributed by atoms with Crippen molar-refractivity contribution in [1.29, 1.82) is 0 Å². The van der Waals surface area contributed by atoms with E-state index in [9.17, 15) is 4.21 Å². The molecule has 0 saturated heterocycles. The molecule has 78 valence electrons. The topological polar surface area (TPSA) is 42.3 Å². The maximum Gasteiger partial charge on any atom is 0.161 e. The highest BCUT2D eigenvalue weighted by Crippen LogP contribution is 2.16. The second-order valence-electron chi connectivity index (χ2n) is 3.88. The Morgan fingerprint density at radius 3 is 2.36 bits per heavy atom. The van der Waals surface area contributed by atoms with Gasteiger partial charge in [0.1, 0.15) is 0 Å². The Labute approximate surface area is 85.8 Å². The fourth-order valence-corrected chi connectivity index (χ4v) is 1.58. The lowest BCUT2D eigenvalue weighted by molar-refractivity contribution is 0.684. The molecule has 0 fully saturated rings. The van der Waals surface area contributed by atoms with E-state index in [4.69, 9.17) is 0 Å². The molecule has 0 aliphatic rings. The summed E-state index contributed by atoms with van der Waals surface area (Å²) in [6.07, 6.45) is 4.99. The Morgan fingerprint density at radius 2 is 2.00 bits per heavy atom. The van der Waals surface area contributed by atoms with E-state index in [1.807, 2.05) is 12.1 Å². The molecule has 1 aromatic rings. The largest absolute Gasteiger partial charge is 0.250 e. The molecule has 0 unspecified atom stereocenters. The van der Waals surface area contributed by atoms with Gasteiger partial charge in [0.25, 0.3) is 0 Å². The van der Waals surface area contributed by atoms with Gasteiger partial charge in [-0.15, -0.1) is 0 Å². The standard InChI is InChI=1S/C10H16N2OS/c1-8(2)9-5-6-10(11-7-9)12-14(3,4)13/h5-8H,1-4H3. The summed E-state index contributed by atoms with van der Waals surface area (Å²) in [5.41, 5.74) is 1.17. The van der Waals surface area contributed by atoms with Gasteiger partial charge in [0.05, 0.1) is 0 Å². The Hall–Kier alpha value is -0.900. The van der Waals surface area contributed by atoms with Gasteiger partial charge in [0.2, 0.25) is 0 Å². The number of rotatable bonds is 2. The Kier molecular flexibility index (Phi) is 3.26. The van der Waals surface area contributed by atoms with Crippen molar-refractivity contribution in [3.8, 4) is 0 Å². The van der Waals surface area contributed by atoms with Crippen LogP contribution in [-0.2, 0) is 9.73 Å². The zero-order chi connectivity index (χ0) is 10.8. The van der Waals surface area contributed by atoms with Crippen LogP contribution in [0.15, 0.2) is 22.7 Å². The van der Waals surface area contributed by atoms with Crippen LogP contribution >= 0.6 is 0 Å². The number of aromatic nitrogens is 1. The fraction of sp³-hybridized carbons (Fsp3) is 0.500. The summed E-state index contributed by atoms with van der Waals surface area (Å²) >= 11 is 0. The van der Waals surface area contributed by atoms with Gasteiger partial charge in [-0.1, -0.05) is 19.9 Å². The Balaban J connectivity index is 3.01. The third-order valence-electron chi connectivity index (χ3n) is 1.75. The first kappa shape index (κ1) is 11.2. The molecule has 14 heavy (non-hydrogen) atoms. The van der Waals surface area contributed by atoms with E-state index in [0.29, 0.717) is 11.7 Å². The number of nitrogens with zero attached hydrogens (tertiary/aromatic N) is 2. The van der Waals surface area contributed by atoms with Crippen molar-refractivity contribution in [3.63, 3.8) is 0 Å². The van der Waals surface area contributed by atoms with Crippen molar-refractivity contribution in [2.24, 2.45) is 4.36 Å². The quantitative estimate of drug-likeness (QED) is 0.756. The third-order valence-corrected chi connectivity index (χ3v) is 2.38. The molecule has 0 aliphatic heterocycles. The minimum Gasteiger partial charge on any atom is -0.250 e. The molecular formula is C10H16N2OS. The van der Waals surface area contributed by atoms with Crippen molar-refractivity contribution in [2.75, 3.05) is 12.5 Å². The molecule has 0 spiro atoms. The van der Waals surface area contributed by atoms with Crippen LogP contribution < -0.4 is 0 Å². The summed E-state index contributed by atoms with van der Waals surface area (Å²) in [5, 5.41) is 0. The number of hydrogen-bond donors (Lipinski definition) is 0. The van der Waals surface area contributed by atoms with Crippen molar-refractivity contribution < 1.29 is 4.21 Å². The van der Waals surface area contributed by atoms with Crippen molar-refractivity contribution in [1.82, 2.24) is 4.98 Å².